The molecule has 2 aromatic carbocycles. The van der Waals surface area contributed by atoms with Crippen molar-refractivity contribution >= 4 is 33.9 Å². The van der Waals surface area contributed by atoms with Gasteiger partial charge in [0.15, 0.2) is 16.6 Å². The Morgan fingerprint density at radius 1 is 1.12 bits per heavy atom. The molecule has 0 saturated carbocycles. The van der Waals surface area contributed by atoms with Crippen molar-refractivity contribution in [3.63, 3.8) is 0 Å². The van der Waals surface area contributed by atoms with Crippen LogP contribution in [0.1, 0.15) is 40.2 Å². The number of anilines is 1. The molecular formula is C25H24N2O5S. The molecule has 0 spiro atoms. The average molecular weight is 465 g/mol. The molecule has 8 heteroatoms. The van der Waals surface area contributed by atoms with E-state index in [2.05, 4.69) is 4.98 Å². The maximum absolute atomic E-state index is 13.2. The second-order valence-corrected chi connectivity index (χ2v) is 9.01. The van der Waals surface area contributed by atoms with Crippen LogP contribution in [-0.4, -0.2) is 33.5 Å². The number of hydrogen-bond acceptors (Lipinski definition) is 7. The molecular weight excluding hydrogens is 440 g/mol. The van der Waals surface area contributed by atoms with Crippen LogP contribution in [0.3, 0.4) is 0 Å². The lowest BCUT2D eigenvalue weighted by Gasteiger charge is -2.23. The molecule has 0 bridgehead atoms. The first kappa shape index (κ1) is 22.5. The first-order chi connectivity index (χ1) is 15.7. The Morgan fingerprint density at radius 2 is 1.82 bits per heavy atom. The van der Waals surface area contributed by atoms with Gasteiger partial charge in [-0.15, -0.1) is 11.3 Å². The SMILES string of the molecule is CCOc1cc([C@H]2/C(=C(\O)c3ccc(C)cc3)C(=O)C(=O)N2c2nc(C)c(C)s2)ccc1O. The second-order valence-electron chi connectivity index (χ2n) is 7.83. The number of ketones is 1. The minimum Gasteiger partial charge on any atom is -0.507 e. The number of aromatic nitrogens is 1. The number of hydrogen-bond donors (Lipinski definition) is 2. The van der Waals surface area contributed by atoms with E-state index in [0.717, 1.165) is 16.1 Å². The van der Waals surface area contributed by atoms with Crippen LogP contribution in [-0.2, 0) is 9.59 Å². The van der Waals surface area contributed by atoms with Gasteiger partial charge in [-0.2, -0.15) is 0 Å². The Bertz CT molecular complexity index is 1260. The number of aliphatic hydroxyl groups excluding tert-OH is 1. The molecule has 0 radical (unpaired) electrons. The molecule has 3 aromatic rings. The predicted octanol–water partition coefficient (Wildman–Crippen LogP) is 4.80. The Labute approximate surface area is 195 Å². The van der Waals surface area contributed by atoms with Crippen LogP contribution in [0.4, 0.5) is 5.13 Å². The number of phenolic OH excluding ortho intramolecular Hbond substituents is 1. The number of amides is 1. The van der Waals surface area contributed by atoms with Crippen LogP contribution in [0.5, 0.6) is 11.5 Å². The fourth-order valence-corrected chi connectivity index (χ4v) is 4.68. The first-order valence-corrected chi connectivity index (χ1v) is 11.3. The molecule has 0 aliphatic carbocycles. The topological polar surface area (TPSA) is 100.0 Å². The van der Waals surface area contributed by atoms with E-state index in [1.54, 1.807) is 31.2 Å². The molecule has 0 unspecified atom stereocenters. The van der Waals surface area contributed by atoms with Crippen LogP contribution >= 0.6 is 11.3 Å². The summed E-state index contributed by atoms with van der Waals surface area (Å²) >= 11 is 1.30. The minimum absolute atomic E-state index is 0.0394. The zero-order valence-corrected chi connectivity index (χ0v) is 19.6. The number of aryl methyl sites for hydroxylation is 3. The molecule has 1 amide bonds. The monoisotopic (exact) mass is 464 g/mol. The van der Waals surface area contributed by atoms with Gasteiger partial charge in [-0.25, -0.2) is 4.98 Å². The van der Waals surface area contributed by atoms with Crippen molar-refractivity contribution in [3.8, 4) is 11.5 Å². The van der Waals surface area contributed by atoms with Gasteiger partial charge >= 0.3 is 5.91 Å². The van der Waals surface area contributed by atoms with E-state index in [-0.39, 0.29) is 22.8 Å². The van der Waals surface area contributed by atoms with E-state index >= 15 is 0 Å². The normalized spacial score (nSPS) is 17.6. The average Bonchev–Trinajstić information content (AvgIpc) is 3.25. The van der Waals surface area contributed by atoms with Gasteiger partial charge in [-0.1, -0.05) is 35.9 Å². The Hall–Kier alpha value is -3.65. The molecule has 7 nitrogen and oxygen atoms in total. The lowest BCUT2D eigenvalue weighted by Crippen LogP contribution is -2.29. The molecule has 1 aromatic heterocycles. The van der Waals surface area contributed by atoms with Gasteiger partial charge in [0.1, 0.15) is 5.76 Å². The fourth-order valence-electron chi connectivity index (χ4n) is 3.74. The van der Waals surface area contributed by atoms with Gasteiger partial charge in [-0.05, 0) is 45.4 Å². The van der Waals surface area contributed by atoms with Gasteiger partial charge < -0.3 is 14.9 Å². The molecule has 33 heavy (non-hydrogen) atoms. The molecule has 2 heterocycles. The highest BCUT2D eigenvalue weighted by Gasteiger charge is 2.48. The Kier molecular flexibility index (Phi) is 5.95. The van der Waals surface area contributed by atoms with E-state index in [4.69, 9.17) is 4.74 Å². The summed E-state index contributed by atoms with van der Waals surface area (Å²) in [4.78, 5) is 33.1. The summed E-state index contributed by atoms with van der Waals surface area (Å²) in [5.74, 6) is -1.67. The number of carbonyl (C=O) groups is 2. The van der Waals surface area contributed by atoms with Gasteiger partial charge in [0.25, 0.3) is 5.78 Å². The number of aromatic hydroxyl groups is 1. The van der Waals surface area contributed by atoms with Gasteiger partial charge in [0.2, 0.25) is 0 Å². The first-order valence-electron chi connectivity index (χ1n) is 10.5. The zero-order valence-electron chi connectivity index (χ0n) is 18.7. The van der Waals surface area contributed by atoms with Gasteiger partial charge in [0, 0.05) is 10.4 Å². The lowest BCUT2D eigenvalue weighted by atomic mass is 9.95. The maximum atomic E-state index is 13.2. The number of Topliss-reactive ketones (excluding diaryl/α,β-unsaturated/α-hetero) is 1. The Balaban J connectivity index is 1.96. The molecule has 1 aliphatic rings. The molecule has 4 rings (SSSR count). The number of nitrogens with zero attached hydrogens (tertiary/aromatic N) is 2. The summed E-state index contributed by atoms with van der Waals surface area (Å²) < 4.78 is 5.52. The zero-order chi connectivity index (χ0) is 23.9. The third-order valence-corrected chi connectivity index (χ3v) is 6.66. The van der Waals surface area contributed by atoms with E-state index in [0.29, 0.717) is 22.9 Å². The predicted molar refractivity (Wildman–Crippen MR) is 127 cm³/mol. The number of rotatable bonds is 5. The van der Waals surface area contributed by atoms with Crippen molar-refractivity contribution in [2.24, 2.45) is 0 Å². The van der Waals surface area contributed by atoms with Crippen LogP contribution in [0, 0.1) is 20.8 Å². The molecule has 1 atom stereocenters. The van der Waals surface area contributed by atoms with E-state index < -0.39 is 17.7 Å². The highest BCUT2D eigenvalue weighted by molar-refractivity contribution is 7.16. The van der Waals surface area contributed by atoms with Crippen LogP contribution < -0.4 is 9.64 Å². The lowest BCUT2D eigenvalue weighted by molar-refractivity contribution is -0.132. The fraction of sp³-hybridized carbons (Fsp3) is 0.240. The largest absolute Gasteiger partial charge is 0.507 e. The van der Waals surface area contributed by atoms with Crippen molar-refractivity contribution < 1.29 is 24.5 Å². The van der Waals surface area contributed by atoms with E-state index in [1.807, 2.05) is 32.9 Å². The standard InChI is InChI=1S/C25H24N2O5S/c1-5-32-19-12-17(10-11-18(19)28)21-20(22(29)16-8-6-13(2)7-9-16)23(30)24(31)27(21)25-26-14(3)15(4)33-25/h6-12,21,28-29H,5H2,1-4H3/b22-20+/t21-/m0/s1. The summed E-state index contributed by atoms with van der Waals surface area (Å²) in [6.07, 6.45) is 0. The third-order valence-electron chi connectivity index (χ3n) is 5.59. The molecule has 1 saturated heterocycles. The van der Waals surface area contributed by atoms with Gasteiger partial charge in [0.05, 0.1) is 23.9 Å². The van der Waals surface area contributed by atoms with E-state index in [9.17, 15) is 19.8 Å². The van der Waals surface area contributed by atoms with Gasteiger partial charge in [-0.3, -0.25) is 14.5 Å². The van der Waals surface area contributed by atoms with E-state index in [1.165, 1.54) is 22.3 Å². The Morgan fingerprint density at radius 3 is 2.42 bits per heavy atom. The number of ether oxygens (including phenoxy) is 1. The number of aliphatic hydroxyl groups is 1. The summed E-state index contributed by atoms with van der Waals surface area (Å²) in [6.45, 7) is 7.76. The van der Waals surface area contributed by atoms with Crippen molar-refractivity contribution in [2.75, 3.05) is 11.5 Å². The van der Waals surface area contributed by atoms with Crippen molar-refractivity contribution in [1.29, 1.82) is 0 Å². The number of thiazole rings is 1. The van der Waals surface area contributed by atoms with Crippen molar-refractivity contribution in [3.05, 3.63) is 75.3 Å². The maximum Gasteiger partial charge on any atom is 0.301 e. The molecule has 170 valence electrons. The summed E-state index contributed by atoms with van der Waals surface area (Å²) in [6, 6.07) is 10.8. The van der Waals surface area contributed by atoms with Crippen molar-refractivity contribution in [2.45, 2.75) is 33.7 Å². The highest BCUT2D eigenvalue weighted by atomic mass is 32.1. The second kappa shape index (κ2) is 8.71. The summed E-state index contributed by atoms with van der Waals surface area (Å²) in [5.41, 5.74) is 2.66. The van der Waals surface area contributed by atoms with Crippen LogP contribution in [0.2, 0.25) is 0 Å². The number of benzene rings is 2. The van der Waals surface area contributed by atoms with Crippen LogP contribution in [0.25, 0.3) is 5.76 Å². The van der Waals surface area contributed by atoms with Crippen molar-refractivity contribution in [1.82, 2.24) is 4.98 Å². The highest BCUT2D eigenvalue weighted by Crippen LogP contribution is 2.45. The summed E-state index contributed by atoms with van der Waals surface area (Å²) in [7, 11) is 0. The quantitative estimate of drug-likeness (QED) is 0.320. The molecule has 1 aliphatic heterocycles. The smallest absolute Gasteiger partial charge is 0.301 e. The summed E-state index contributed by atoms with van der Waals surface area (Å²) in [5, 5.41) is 21.7. The van der Waals surface area contributed by atoms with Crippen LogP contribution in [0.15, 0.2) is 48.0 Å². The minimum atomic E-state index is -0.934. The molecule has 2 N–H and O–H groups in total. The number of phenols is 1. The molecule has 1 fully saturated rings. The third kappa shape index (κ3) is 3.98. The number of carbonyl (C=O) groups excluding carboxylic acids is 2.